The van der Waals surface area contributed by atoms with Gasteiger partial charge in [0.15, 0.2) is 0 Å². The fourth-order valence-corrected chi connectivity index (χ4v) is 2.67. The van der Waals surface area contributed by atoms with Crippen LogP contribution in [0, 0.1) is 0 Å². The van der Waals surface area contributed by atoms with Gasteiger partial charge in [0.1, 0.15) is 6.33 Å². The van der Waals surface area contributed by atoms with Crippen LogP contribution >= 0.6 is 11.8 Å². The van der Waals surface area contributed by atoms with Crippen LogP contribution in [0.2, 0.25) is 0 Å². The van der Waals surface area contributed by atoms with Crippen LogP contribution in [0.5, 0.6) is 0 Å². The molecular formula is C11H8N2S. The maximum absolute atomic E-state index is 4.34. The highest BCUT2D eigenvalue weighted by Gasteiger charge is 2.16. The molecule has 2 heterocycles. The Morgan fingerprint density at radius 2 is 2.14 bits per heavy atom. The van der Waals surface area contributed by atoms with Crippen molar-refractivity contribution in [1.29, 1.82) is 0 Å². The minimum absolute atomic E-state index is 0.979. The summed E-state index contributed by atoms with van der Waals surface area (Å²) in [6.45, 7) is 0. The zero-order valence-electron chi connectivity index (χ0n) is 7.47. The lowest BCUT2D eigenvalue weighted by atomic mass is 10.1. The summed E-state index contributed by atoms with van der Waals surface area (Å²) >= 11 is 1.85. The molecular weight excluding hydrogens is 192 g/mol. The van der Waals surface area contributed by atoms with Gasteiger partial charge in [-0.3, -0.25) is 0 Å². The summed E-state index contributed by atoms with van der Waals surface area (Å²) < 4.78 is 0. The molecule has 0 saturated carbocycles. The number of rotatable bonds is 0. The van der Waals surface area contributed by atoms with Gasteiger partial charge in [0.25, 0.3) is 0 Å². The minimum atomic E-state index is 0.979. The third-order valence-corrected chi connectivity index (χ3v) is 3.44. The van der Waals surface area contributed by atoms with Crippen molar-refractivity contribution in [3.63, 3.8) is 0 Å². The number of thioether (sulfide) groups is 1. The zero-order valence-corrected chi connectivity index (χ0v) is 8.29. The topological polar surface area (TPSA) is 25.8 Å². The summed E-state index contributed by atoms with van der Waals surface area (Å²) in [4.78, 5) is 9.70. The lowest BCUT2D eigenvalue weighted by Gasteiger charge is -2.16. The van der Waals surface area contributed by atoms with E-state index in [0.717, 1.165) is 11.4 Å². The van der Waals surface area contributed by atoms with Crippen molar-refractivity contribution in [2.45, 2.75) is 10.6 Å². The SMILES string of the molecule is c1ccc2c(c1)SCc1cncnc1-2. The van der Waals surface area contributed by atoms with Gasteiger partial charge in [0, 0.05) is 28.0 Å². The molecule has 1 aromatic heterocycles. The van der Waals surface area contributed by atoms with Crippen molar-refractivity contribution in [1.82, 2.24) is 9.97 Å². The summed E-state index contributed by atoms with van der Waals surface area (Å²) in [6, 6.07) is 8.38. The van der Waals surface area contributed by atoms with Crippen molar-refractivity contribution in [2.24, 2.45) is 0 Å². The van der Waals surface area contributed by atoms with E-state index in [-0.39, 0.29) is 0 Å². The molecule has 2 nitrogen and oxygen atoms in total. The number of hydrogen-bond acceptors (Lipinski definition) is 3. The fraction of sp³-hybridized carbons (Fsp3) is 0.0909. The van der Waals surface area contributed by atoms with E-state index in [1.807, 2.05) is 18.0 Å². The third-order valence-electron chi connectivity index (χ3n) is 2.31. The molecule has 0 bridgehead atoms. The average Bonchev–Trinajstić information content (AvgIpc) is 2.29. The lowest BCUT2D eigenvalue weighted by Crippen LogP contribution is -1.98. The van der Waals surface area contributed by atoms with Crippen LogP contribution in [0.15, 0.2) is 41.7 Å². The van der Waals surface area contributed by atoms with E-state index >= 15 is 0 Å². The molecule has 3 rings (SSSR count). The second-order valence-corrected chi connectivity index (χ2v) is 4.20. The number of hydrogen-bond donors (Lipinski definition) is 0. The molecule has 0 N–H and O–H groups in total. The largest absolute Gasteiger partial charge is 0.244 e. The van der Waals surface area contributed by atoms with E-state index < -0.39 is 0 Å². The van der Waals surface area contributed by atoms with Gasteiger partial charge in [0.05, 0.1) is 5.69 Å². The second-order valence-electron chi connectivity index (χ2n) is 3.18. The second kappa shape index (κ2) is 3.10. The van der Waals surface area contributed by atoms with E-state index in [1.54, 1.807) is 6.33 Å². The molecule has 0 fully saturated rings. The quantitative estimate of drug-likeness (QED) is 0.654. The summed E-state index contributed by atoms with van der Waals surface area (Å²) in [7, 11) is 0. The molecule has 0 atom stereocenters. The smallest absolute Gasteiger partial charge is 0.116 e. The molecule has 0 unspecified atom stereocenters. The predicted octanol–water partition coefficient (Wildman–Crippen LogP) is 2.75. The van der Waals surface area contributed by atoms with Crippen LogP contribution in [0.1, 0.15) is 5.56 Å². The van der Waals surface area contributed by atoms with Gasteiger partial charge < -0.3 is 0 Å². The number of nitrogens with zero attached hydrogens (tertiary/aromatic N) is 2. The first-order valence-corrected chi connectivity index (χ1v) is 5.45. The molecule has 0 radical (unpaired) electrons. The van der Waals surface area contributed by atoms with Crippen LogP contribution < -0.4 is 0 Å². The molecule has 0 aliphatic carbocycles. The Kier molecular flexibility index (Phi) is 1.77. The van der Waals surface area contributed by atoms with Crippen LogP contribution in [0.3, 0.4) is 0 Å². The first-order valence-electron chi connectivity index (χ1n) is 4.46. The molecule has 3 heteroatoms. The van der Waals surface area contributed by atoms with Crippen LogP contribution in [-0.4, -0.2) is 9.97 Å². The van der Waals surface area contributed by atoms with E-state index in [9.17, 15) is 0 Å². The number of benzene rings is 1. The highest BCUT2D eigenvalue weighted by atomic mass is 32.2. The Hall–Kier alpha value is -1.35. The number of fused-ring (bicyclic) bond motifs is 3. The Labute approximate surface area is 86.4 Å². The Morgan fingerprint density at radius 3 is 3.14 bits per heavy atom. The van der Waals surface area contributed by atoms with Crippen molar-refractivity contribution < 1.29 is 0 Å². The maximum Gasteiger partial charge on any atom is 0.116 e. The number of aromatic nitrogens is 2. The fourth-order valence-electron chi connectivity index (χ4n) is 1.65. The Bertz CT molecular complexity index is 437. The molecule has 1 aliphatic rings. The summed E-state index contributed by atoms with van der Waals surface area (Å²) in [5.74, 6) is 0.979. The molecule has 68 valence electrons. The molecule has 0 amide bonds. The Balaban J connectivity index is 2.29. The van der Waals surface area contributed by atoms with E-state index in [4.69, 9.17) is 0 Å². The van der Waals surface area contributed by atoms with Gasteiger partial charge in [-0.2, -0.15) is 0 Å². The van der Waals surface area contributed by atoms with Crippen molar-refractivity contribution in [3.05, 3.63) is 42.4 Å². The van der Waals surface area contributed by atoms with Crippen molar-refractivity contribution in [2.75, 3.05) is 0 Å². The summed E-state index contributed by atoms with van der Waals surface area (Å²) in [5.41, 5.74) is 3.56. The van der Waals surface area contributed by atoms with E-state index in [0.29, 0.717) is 0 Å². The maximum atomic E-state index is 4.34. The predicted molar refractivity (Wildman–Crippen MR) is 57.0 cm³/mol. The lowest BCUT2D eigenvalue weighted by molar-refractivity contribution is 1.11. The van der Waals surface area contributed by atoms with Crippen molar-refractivity contribution in [3.8, 4) is 11.3 Å². The van der Waals surface area contributed by atoms with Crippen LogP contribution in [0.25, 0.3) is 11.3 Å². The normalized spacial score (nSPS) is 13.1. The highest BCUT2D eigenvalue weighted by molar-refractivity contribution is 7.98. The first kappa shape index (κ1) is 8.00. The standard InChI is InChI=1S/C11H8N2S/c1-2-4-10-9(3-1)11-8(6-14-10)5-12-7-13-11/h1-5,7H,6H2. The monoisotopic (exact) mass is 200 g/mol. The third kappa shape index (κ3) is 1.13. The van der Waals surface area contributed by atoms with Crippen LogP contribution in [-0.2, 0) is 5.75 Å². The van der Waals surface area contributed by atoms with Gasteiger partial charge in [0.2, 0.25) is 0 Å². The van der Waals surface area contributed by atoms with Gasteiger partial charge in [-0.25, -0.2) is 9.97 Å². The van der Waals surface area contributed by atoms with Gasteiger partial charge >= 0.3 is 0 Å². The summed E-state index contributed by atoms with van der Waals surface area (Å²) in [6.07, 6.45) is 3.52. The van der Waals surface area contributed by atoms with E-state index in [2.05, 4.69) is 34.2 Å². The zero-order chi connectivity index (χ0) is 9.38. The van der Waals surface area contributed by atoms with Gasteiger partial charge in [-0.05, 0) is 6.07 Å². The van der Waals surface area contributed by atoms with Gasteiger partial charge in [-0.15, -0.1) is 11.8 Å². The molecule has 1 aromatic carbocycles. The molecule has 14 heavy (non-hydrogen) atoms. The van der Waals surface area contributed by atoms with Crippen molar-refractivity contribution >= 4 is 11.8 Å². The average molecular weight is 200 g/mol. The molecule has 0 spiro atoms. The van der Waals surface area contributed by atoms with Gasteiger partial charge in [-0.1, -0.05) is 18.2 Å². The molecule has 1 aliphatic heterocycles. The van der Waals surface area contributed by atoms with E-state index in [1.165, 1.54) is 16.0 Å². The summed E-state index contributed by atoms with van der Waals surface area (Å²) in [5, 5.41) is 0. The molecule has 0 saturated heterocycles. The Morgan fingerprint density at radius 1 is 1.21 bits per heavy atom. The van der Waals surface area contributed by atoms with Crippen LogP contribution in [0.4, 0.5) is 0 Å². The highest BCUT2D eigenvalue weighted by Crippen LogP contribution is 2.39. The first-order chi connectivity index (χ1) is 6.95. The minimum Gasteiger partial charge on any atom is -0.244 e. The molecule has 2 aromatic rings.